The van der Waals surface area contributed by atoms with Crippen LogP contribution in [0.15, 0.2) is 54.6 Å². The number of methoxy groups -OCH3 is 2. The van der Waals surface area contributed by atoms with Gasteiger partial charge >= 0.3 is 0 Å². The smallest absolute Gasteiger partial charge is 0.269 e. The molecule has 2 aliphatic heterocycles. The molecule has 0 bridgehead atoms. The summed E-state index contributed by atoms with van der Waals surface area (Å²) in [5, 5.41) is 11.2. The third kappa shape index (κ3) is 3.58. The molecular weight excluding hydrogens is 424 g/mol. The lowest BCUT2D eigenvalue weighted by molar-refractivity contribution is -0.385. The maximum atomic E-state index is 11.2. The molecule has 174 valence electrons. The van der Waals surface area contributed by atoms with Crippen molar-refractivity contribution < 1.29 is 23.9 Å². The minimum absolute atomic E-state index is 0.0548. The van der Waals surface area contributed by atoms with Crippen LogP contribution < -0.4 is 9.47 Å². The van der Waals surface area contributed by atoms with Gasteiger partial charge in [0.05, 0.1) is 25.7 Å². The highest BCUT2D eigenvalue weighted by Crippen LogP contribution is 2.52. The summed E-state index contributed by atoms with van der Waals surface area (Å²) in [6.45, 7) is 1.30. The minimum atomic E-state index is -0.849. The van der Waals surface area contributed by atoms with E-state index in [2.05, 4.69) is 30.2 Å². The first kappa shape index (κ1) is 21.9. The van der Waals surface area contributed by atoms with Crippen molar-refractivity contribution in [3.63, 3.8) is 0 Å². The molecule has 2 aromatic carbocycles. The van der Waals surface area contributed by atoms with Gasteiger partial charge in [-0.25, -0.2) is 0 Å². The molecule has 8 heteroatoms. The quantitative estimate of drug-likeness (QED) is 0.385. The van der Waals surface area contributed by atoms with E-state index in [0.717, 1.165) is 18.5 Å². The normalized spacial score (nSPS) is 31.0. The largest absolute Gasteiger partial charge is 0.493 e. The van der Waals surface area contributed by atoms with Crippen molar-refractivity contribution >= 4 is 5.69 Å². The number of non-ortho nitro benzene ring substituents is 1. The lowest BCUT2D eigenvalue weighted by Crippen LogP contribution is -2.49. The van der Waals surface area contributed by atoms with E-state index in [-0.39, 0.29) is 28.2 Å². The number of benzene rings is 2. The van der Waals surface area contributed by atoms with E-state index in [4.69, 9.17) is 18.9 Å². The molecule has 1 spiro atoms. The molecule has 5 rings (SSSR count). The zero-order valence-electron chi connectivity index (χ0n) is 19.0. The van der Waals surface area contributed by atoms with E-state index in [1.54, 1.807) is 26.4 Å². The van der Waals surface area contributed by atoms with Crippen molar-refractivity contribution in [1.82, 2.24) is 4.90 Å². The van der Waals surface area contributed by atoms with E-state index in [1.165, 1.54) is 11.6 Å². The summed E-state index contributed by atoms with van der Waals surface area (Å²) in [7, 11) is 5.42. The molecule has 0 radical (unpaired) electrons. The van der Waals surface area contributed by atoms with Crippen LogP contribution in [0.2, 0.25) is 0 Å². The molecule has 2 heterocycles. The van der Waals surface area contributed by atoms with Crippen molar-refractivity contribution in [2.24, 2.45) is 0 Å². The molecule has 1 aliphatic carbocycles. The van der Waals surface area contributed by atoms with Crippen LogP contribution in [0.25, 0.3) is 0 Å². The molecule has 4 unspecified atom stereocenters. The van der Waals surface area contributed by atoms with Crippen LogP contribution in [0.5, 0.6) is 11.5 Å². The van der Waals surface area contributed by atoms with Crippen LogP contribution in [0.3, 0.4) is 0 Å². The number of ether oxygens (including phenoxy) is 4. The third-order valence-corrected chi connectivity index (χ3v) is 7.31. The van der Waals surface area contributed by atoms with Gasteiger partial charge in [-0.1, -0.05) is 24.3 Å². The number of nitro benzene ring substituents is 1. The molecule has 0 saturated carbocycles. The van der Waals surface area contributed by atoms with E-state index in [0.29, 0.717) is 24.5 Å². The van der Waals surface area contributed by atoms with E-state index >= 15 is 0 Å². The molecule has 0 aromatic heterocycles. The second-order valence-corrected chi connectivity index (χ2v) is 8.98. The van der Waals surface area contributed by atoms with E-state index in [9.17, 15) is 10.1 Å². The molecule has 33 heavy (non-hydrogen) atoms. The number of likely N-dealkylation sites (N-methyl/N-ethyl adjacent to an activating group) is 1. The minimum Gasteiger partial charge on any atom is -0.493 e. The number of hydrogen-bond acceptors (Lipinski definition) is 7. The molecule has 3 aliphatic rings. The fourth-order valence-corrected chi connectivity index (χ4v) is 5.50. The average Bonchev–Trinajstić information content (AvgIpc) is 3.41. The number of nitro groups is 1. The first-order chi connectivity index (χ1) is 15.9. The van der Waals surface area contributed by atoms with Crippen molar-refractivity contribution in [2.45, 2.75) is 36.2 Å². The van der Waals surface area contributed by atoms with E-state index in [1.807, 2.05) is 18.2 Å². The van der Waals surface area contributed by atoms with Crippen LogP contribution in [-0.4, -0.2) is 56.1 Å². The molecule has 2 saturated heterocycles. The van der Waals surface area contributed by atoms with Gasteiger partial charge in [-0.05, 0) is 49.3 Å². The highest BCUT2D eigenvalue weighted by Gasteiger charge is 2.55. The van der Waals surface area contributed by atoms with Gasteiger partial charge < -0.3 is 23.8 Å². The summed E-state index contributed by atoms with van der Waals surface area (Å²) in [6.07, 6.45) is 5.55. The summed E-state index contributed by atoms with van der Waals surface area (Å²) in [5.41, 5.74) is 1.80. The molecule has 2 fully saturated rings. The number of fused-ring (bicyclic) bond motifs is 1. The van der Waals surface area contributed by atoms with Crippen molar-refractivity contribution in [3.05, 3.63) is 75.9 Å². The van der Waals surface area contributed by atoms with Crippen LogP contribution in [-0.2, 0) is 14.9 Å². The zero-order chi connectivity index (χ0) is 23.2. The van der Waals surface area contributed by atoms with Crippen LogP contribution in [0.1, 0.15) is 30.1 Å². The molecule has 0 N–H and O–H groups in total. The summed E-state index contributed by atoms with van der Waals surface area (Å²) in [5.74, 6) is 0.572. The fourth-order valence-electron chi connectivity index (χ4n) is 5.50. The summed E-state index contributed by atoms with van der Waals surface area (Å²) in [4.78, 5) is 13.1. The van der Waals surface area contributed by atoms with Crippen LogP contribution >= 0.6 is 0 Å². The number of rotatable bonds is 5. The van der Waals surface area contributed by atoms with Crippen molar-refractivity contribution in [2.75, 3.05) is 34.4 Å². The highest BCUT2D eigenvalue weighted by atomic mass is 16.7. The first-order valence-electron chi connectivity index (χ1n) is 11.1. The fraction of sp³-hybridized carbons (Fsp3) is 0.440. The van der Waals surface area contributed by atoms with Gasteiger partial charge in [0.2, 0.25) is 0 Å². The number of hydrogen-bond donors (Lipinski definition) is 0. The summed E-state index contributed by atoms with van der Waals surface area (Å²) in [6, 6.07) is 12.9. The Morgan fingerprint density at radius 2 is 1.94 bits per heavy atom. The van der Waals surface area contributed by atoms with Gasteiger partial charge in [-0.15, -0.1) is 0 Å². The first-order valence-corrected chi connectivity index (χ1v) is 11.1. The van der Waals surface area contributed by atoms with Gasteiger partial charge in [-0.3, -0.25) is 10.1 Å². The maximum absolute atomic E-state index is 11.2. The lowest BCUT2D eigenvalue weighted by atomic mass is 9.68. The number of likely N-dealkylation sites (tertiary alicyclic amines) is 1. The third-order valence-electron chi connectivity index (χ3n) is 7.31. The Balaban J connectivity index is 1.46. The highest BCUT2D eigenvalue weighted by molar-refractivity contribution is 5.49. The summed E-state index contributed by atoms with van der Waals surface area (Å²) < 4.78 is 23.6. The van der Waals surface area contributed by atoms with Gasteiger partial charge in [0.1, 0.15) is 6.10 Å². The molecule has 4 atom stereocenters. The van der Waals surface area contributed by atoms with Gasteiger partial charge in [-0.2, -0.15) is 0 Å². The second-order valence-electron chi connectivity index (χ2n) is 8.98. The van der Waals surface area contributed by atoms with Crippen LogP contribution in [0, 0.1) is 10.1 Å². The lowest BCUT2D eigenvalue weighted by Gasteiger charge is -2.43. The van der Waals surface area contributed by atoms with Gasteiger partial charge in [0.15, 0.2) is 17.3 Å². The molecular formula is C25H28N2O6. The standard InChI is InChI=1S/C25H28N2O6/c1-26-12-11-24(18-7-8-20(30-2)21(14-18)31-3)9-10-25(15-23(24)26)32-16-22(33-25)17-5-4-6-19(13-17)27(28)29/h4-10,13-14,22-23H,11-12,15-16H2,1-3H3. The summed E-state index contributed by atoms with van der Waals surface area (Å²) >= 11 is 0. The predicted octanol–water partition coefficient (Wildman–Crippen LogP) is 4.00. The molecule has 8 nitrogen and oxygen atoms in total. The SMILES string of the molecule is COc1ccc(C23C=CC4(CC2N(C)CC3)OCC(c2cccc([N+](=O)[O-])c2)O4)cc1OC. The molecule has 0 amide bonds. The maximum Gasteiger partial charge on any atom is 0.269 e. The van der Waals surface area contributed by atoms with Crippen LogP contribution in [0.4, 0.5) is 5.69 Å². The van der Waals surface area contributed by atoms with Gasteiger partial charge in [0, 0.05) is 30.0 Å². The Morgan fingerprint density at radius 1 is 1.12 bits per heavy atom. The monoisotopic (exact) mass is 452 g/mol. The van der Waals surface area contributed by atoms with Crippen molar-refractivity contribution in [1.29, 1.82) is 0 Å². The van der Waals surface area contributed by atoms with Gasteiger partial charge in [0.25, 0.3) is 5.69 Å². The van der Waals surface area contributed by atoms with E-state index < -0.39 is 5.79 Å². The Morgan fingerprint density at radius 3 is 2.70 bits per heavy atom. The van der Waals surface area contributed by atoms with Crippen molar-refractivity contribution in [3.8, 4) is 11.5 Å². The Kier molecular flexibility index (Phi) is 5.39. The zero-order valence-corrected chi connectivity index (χ0v) is 19.0. The number of nitrogens with zero attached hydrogens (tertiary/aromatic N) is 2. The topological polar surface area (TPSA) is 83.3 Å². The Labute approximate surface area is 192 Å². The second kappa shape index (κ2) is 8.13. The predicted molar refractivity (Wildman–Crippen MR) is 122 cm³/mol. The average molecular weight is 453 g/mol. The Bertz CT molecular complexity index is 1100. The Hall–Kier alpha value is -2.94. The molecule has 2 aromatic rings.